The topological polar surface area (TPSA) is 72.3 Å². The summed E-state index contributed by atoms with van der Waals surface area (Å²) >= 11 is 0. The van der Waals surface area contributed by atoms with Crippen molar-refractivity contribution < 1.29 is 18.7 Å². The van der Waals surface area contributed by atoms with E-state index in [1.807, 2.05) is 40.7 Å². The molecule has 1 N–H and O–H groups in total. The number of benzene rings is 2. The van der Waals surface area contributed by atoms with Gasteiger partial charge in [0.1, 0.15) is 17.3 Å². The SMILES string of the molecule is C/C=C\C(C#Cc1ccc(OC(C)=O)cc1)=N/NC(C)=NC.CC.CCOc1ccccc1F. The number of ether oxygens (including phenoxy) is 2. The normalized spacial score (nSPS) is 10.6. The van der Waals surface area contributed by atoms with Crippen molar-refractivity contribution >= 4 is 17.5 Å². The van der Waals surface area contributed by atoms with Crippen LogP contribution in [0.4, 0.5) is 4.39 Å². The van der Waals surface area contributed by atoms with Gasteiger partial charge in [-0.05, 0) is 69.2 Å². The predicted octanol–water partition coefficient (Wildman–Crippen LogP) is 5.78. The number of esters is 1. The van der Waals surface area contributed by atoms with Gasteiger partial charge in [0.2, 0.25) is 0 Å². The summed E-state index contributed by atoms with van der Waals surface area (Å²) in [7, 11) is 1.68. The Morgan fingerprint density at radius 1 is 1.12 bits per heavy atom. The van der Waals surface area contributed by atoms with Crippen LogP contribution in [0.2, 0.25) is 0 Å². The van der Waals surface area contributed by atoms with Crippen LogP contribution >= 0.6 is 0 Å². The molecular formula is C27H34FN3O3. The number of carbonyl (C=O) groups is 1. The lowest BCUT2D eigenvalue weighted by Crippen LogP contribution is -2.15. The second kappa shape index (κ2) is 18.6. The molecule has 0 amide bonds. The first-order chi connectivity index (χ1) is 16.4. The zero-order valence-corrected chi connectivity index (χ0v) is 21.0. The Bertz CT molecular complexity index is 1020. The second-order valence-corrected chi connectivity index (χ2v) is 6.15. The van der Waals surface area contributed by atoms with Crippen molar-refractivity contribution in [3.05, 3.63) is 72.1 Å². The summed E-state index contributed by atoms with van der Waals surface area (Å²) in [6.07, 6.45) is 3.66. The minimum absolute atomic E-state index is 0.302. The fraction of sp³-hybridized carbons (Fsp3) is 0.296. The van der Waals surface area contributed by atoms with Crippen molar-refractivity contribution in [3.63, 3.8) is 0 Å². The molecule has 0 spiro atoms. The molecule has 2 aromatic rings. The van der Waals surface area contributed by atoms with Crippen LogP contribution in [-0.2, 0) is 4.79 Å². The molecule has 6 nitrogen and oxygen atoms in total. The molecule has 0 aliphatic rings. The van der Waals surface area contributed by atoms with Crippen LogP contribution < -0.4 is 14.9 Å². The summed E-state index contributed by atoms with van der Waals surface area (Å²) in [5, 5.41) is 4.16. The number of hydrogen-bond acceptors (Lipinski definition) is 5. The average Bonchev–Trinajstić information content (AvgIpc) is 2.84. The van der Waals surface area contributed by atoms with Gasteiger partial charge in [-0.2, -0.15) is 5.10 Å². The fourth-order valence-corrected chi connectivity index (χ4v) is 2.08. The Hall–Kier alpha value is -3.92. The van der Waals surface area contributed by atoms with Crippen molar-refractivity contribution in [2.45, 2.75) is 41.5 Å². The molecule has 0 aromatic heterocycles. The summed E-state index contributed by atoms with van der Waals surface area (Å²) in [4.78, 5) is 14.8. The van der Waals surface area contributed by atoms with E-state index in [-0.39, 0.29) is 11.8 Å². The van der Waals surface area contributed by atoms with Crippen LogP contribution in [0.1, 0.15) is 47.1 Å². The molecule has 0 fully saturated rings. The Morgan fingerprint density at radius 3 is 2.29 bits per heavy atom. The van der Waals surface area contributed by atoms with E-state index in [1.54, 1.807) is 55.6 Å². The van der Waals surface area contributed by atoms with Gasteiger partial charge in [-0.25, -0.2) is 4.39 Å². The summed E-state index contributed by atoms with van der Waals surface area (Å²) in [6, 6.07) is 13.3. The highest BCUT2D eigenvalue weighted by Crippen LogP contribution is 2.14. The minimum Gasteiger partial charge on any atom is -0.491 e. The maximum atomic E-state index is 12.7. The monoisotopic (exact) mass is 467 g/mol. The highest BCUT2D eigenvalue weighted by atomic mass is 19.1. The van der Waals surface area contributed by atoms with E-state index < -0.39 is 0 Å². The quantitative estimate of drug-likeness (QED) is 0.151. The Kier molecular flexibility index (Phi) is 16.5. The van der Waals surface area contributed by atoms with Crippen molar-refractivity contribution in [1.82, 2.24) is 5.43 Å². The molecule has 0 saturated carbocycles. The summed E-state index contributed by atoms with van der Waals surface area (Å²) in [5.41, 5.74) is 4.20. The lowest BCUT2D eigenvalue weighted by Gasteiger charge is -2.01. The van der Waals surface area contributed by atoms with Gasteiger partial charge in [-0.15, -0.1) is 0 Å². The molecule has 0 unspecified atom stereocenters. The van der Waals surface area contributed by atoms with Gasteiger partial charge in [0, 0.05) is 19.5 Å². The smallest absolute Gasteiger partial charge is 0.308 e. The third-order valence-corrected chi connectivity index (χ3v) is 3.59. The van der Waals surface area contributed by atoms with E-state index in [4.69, 9.17) is 9.47 Å². The largest absolute Gasteiger partial charge is 0.491 e. The molecule has 182 valence electrons. The number of nitrogens with zero attached hydrogens (tertiary/aromatic N) is 2. The number of nitrogens with one attached hydrogen (secondary N) is 1. The number of carbonyl (C=O) groups excluding carboxylic acids is 1. The lowest BCUT2D eigenvalue weighted by atomic mass is 10.2. The summed E-state index contributed by atoms with van der Waals surface area (Å²) in [6.45, 7) is 11.4. The Morgan fingerprint density at radius 2 is 1.76 bits per heavy atom. The molecule has 2 aromatic carbocycles. The zero-order valence-electron chi connectivity index (χ0n) is 21.0. The van der Waals surface area contributed by atoms with Crippen molar-refractivity contribution in [2.75, 3.05) is 13.7 Å². The number of rotatable bonds is 5. The van der Waals surface area contributed by atoms with Crippen LogP contribution in [0.15, 0.2) is 70.8 Å². The van der Waals surface area contributed by atoms with Gasteiger partial charge in [-0.1, -0.05) is 38.0 Å². The minimum atomic E-state index is -0.347. The van der Waals surface area contributed by atoms with Crippen molar-refractivity contribution in [1.29, 1.82) is 0 Å². The first kappa shape index (κ1) is 30.1. The molecule has 0 saturated heterocycles. The number of halogens is 1. The lowest BCUT2D eigenvalue weighted by molar-refractivity contribution is -0.131. The summed E-state index contributed by atoms with van der Waals surface area (Å²) < 4.78 is 22.6. The molecule has 0 radical (unpaired) electrons. The fourth-order valence-electron chi connectivity index (χ4n) is 2.08. The first-order valence-electron chi connectivity index (χ1n) is 11.0. The van der Waals surface area contributed by atoms with Crippen LogP contribution in [0.25, 0.3) is 0 Å². The van der Waals surface area contributed by atoms with Gasteiger partial charge in [0.25, 0.3) is 0 Å². The molecule has 0 bridgehead atoms. The van der Waals surface area contributed by atoms with E-state index in [1.165, 1.54) is 13.0 Å². The number of hydrogen-bond donors (Lipinski definition) is 1. The van der Waals surface area contributed by atoms with E-state index in [9.17, 15) is 9.18 Å². The average molecular weight is 468 g/mol. The third kappa shape index (κ3) is 13.5. The van der Waals surface area contributed by atoms with E-state index in [0.717, 1.165) is 5.56 Å². The highest BCUT2D eigenvalue weighted by molar-refractivity contribution is 6.09. The molecular weight excluding hydrogens is 433 g/mol. The van der Waals surface area contributed by atoms with Crippen molar-refractivity contribution in [3.8, 4) is 23.3 Å². The summed E-state index contributed by atoms with van der Waals surface area (Å²) in [5.74, 6) is 6.84. The number of amidine groups is 1. The molecule has 7 heteroatoms. The second-order valence-electron chi connectivity index (χ2n) is 6.15. The molecule has 0 atom stereocenters. The number of hydrazone groups is 1. The van der Waals surface area contributed by atoms with E-state index in [2.05, 4.69) is 27.4 Å². The van der Waals surface area contributed by atoms with Crippen LogP contribution in [0, 0.1) is 17.7 Å². The van der Waals surface area contributed by atoms with Gasteiger partial charge in [0.15, 0.2) is 11.6 Å². The zero-order chi connectivity index (χ0) is 25.8. The molecule has 0 heterocycles. The van der Waals surface area contributed by atoms with Gasteiger partial charge >= 0.3 is 5.97 Å². The predicted molar refractivity (Wildman–Crippen MR) is 138 cm³/mol. The van der Waals surface area contributed by atoms with Crippen LogP contribution in [0.3, 0.4) is 0 Å². The number of aliphatic imine (C=N–C) groups is 1. The van der Waals surface area contributed by atoms with Gasteiger partial charge in [-0.3, -0.25) is 15.2 Å². The Labute approximate surface area is 202 Å². The molecule has 2 rings (SSSR count). The standard InChI is InChI=1S/C17H19N3O2.C8H9FO.C2H6/c1-5-6-16(20-19-13(2)18-4)10-7-15-8-11-17(12-9-15)22-14(3)21;1-2-10-8-6-4-3-5-7(8)9;1-2/h5-6,8-9,11-12H,1-4H3,(H,18,19);3-6H,2H2,1H3;1-2H3/b6-5-,20-16+;;. The maximum Gasteiger partial charge on any atom is 0.308 e. The first-order valence-corrected chi connectivity index (χ1v) is 11.0. The molecule has 34 heavy (non-hydrogen) atoms. The van der Waals surface area contributed by atoms with E-state index >= 15 is 0 Å². The highest BCUT2D eigenvalue weighted by Gasteiger charge is 1.98. The maximum absolute atomic E-state index is 12.7. The molecule has 0 aliphatic carbocycles. The van der Waals surface area contributed by atoms with Gasteiger partial charge < -0.3 is 9.47 Å². The van der Waals surface area contributed by atoms with Crippen LogP contribution in [-0.4, -0.2) is 31.2 Å². The Balaban J connectivity index is 0.000000753. The van der Waals surface area contributed by atoms with Gasteiger partial charge in [0.05, 0.1) is 6.61 Å². The van der Waals surface area contributed by atoms with Crippen LogP contribution in [0.5, 0.6) is 11.5 Å². The van der Waals surface area contributed by atoms with E-state index in [0.29, 0.717) is 29.7 Å². The molecule has 0 aliphatic heterocycles. The number of para-hydroxylation sites is 1. The van der Waals surface area contributed by atoms with Crippen molar-refractivity contribution in [2.24, 2.45) is 10.1 Å². The number of allylic oxidation sites excluding steroid dienone is 2. The third-order valence-electron chi connectivity index (χ3n) is 3.59.